The number of aromatic amines is 1. The van der Waals surface area contributed by atoms with Gasteiger partial charge >= 0.3 is 5.69 Å². The Labute approximate surface area is 127 Å². The fourth-order valence-corrected chi connectivity index (χ4v) is 2.05. The Morgan fingerprint density at radius 1 is 1.59 bits per heavy atom. The summed E-state index contributed by atoms with van der Waals surface area (Å²) in [5.41, 5.74) is -4.80. The average molecular weight is 300 g/mol. The molecule has 2 heterocycles. The van der Waals surface area contributed by atoms with Crippen molar-refractivity contribution < 1.29 is 19.3 Å². The zero-order valence-corrected chi connectivity index (χ0v) is 11.1. The van der Waals surface area contributed by atoms with E-state index in [0.29, 0.717) is 4.57 Å². The minimum absolute atomic E-state index is 0.313. The largest absolute Gasteiger partial charge is 0.403 e. The first-order valence-corrected chi connectivity index (χ1v) is 5.94. The molecule has 1 fully saturated rings. The van der Waals surface area contributed by atoms with Crippen molar-refractivity contribution in [3.63, 3.8) is 0 Å². The van der Waals surface area contributed by atoms with E-state index in [-0.39, 0.29) is 5.56 Å². The minimum Gasteiger partial charge on any atom is -0.403 e. The summed E-state index contributed by atoms with van der Waals surface area (Å²) in [4.78, 5) is 25.1. The number of terminal acetylenes is 1. The number of hydrogen-bond donors (Lipinski definition) is 3. The van der Waals surface area contributed by atoms with E-state index in [1.54, 1.807) is 0 Å². The number of nitrogens with one attached hydrogen (secondary N) is 1. The van der Waals surface area contributed by atoms with E-state index in [1.165, 1.54) is 0 Å². The van der Waals surface area contributed by atoms with Gasteiger partial charge in [-0.2, -0.15) is 0 Å². The first kappa shape index (κ1) is 16.6. The summed E-state index contributed by atoms with van der Waals surface area (Å²) in [6, 6.07) is 0. The minimum atomic E-state index is -3.15. The molecule has 0 amide bonds. The number of aromatic nitrogens is 2. The highest BCUT2D eigenvalue weighted by Gasteiger charge is 2.60. The van der Waals surface area contributed by atoms with E-state index in [4.69, 9.17) is 34.7 Å². The van der Waals surface area contributed by atoms with E-state index < -0.39 is 40.7 Å². The van der Waals surface area contributed by atoms with E-state index in [9.17, 15) is 24.2 Å². The first-order valence-electron chi connectivity index (χ1n) is 5.94. The number of halogens is 1. The number of alkyl halides is 1. The fraction of sp³-hybridized carbons (Fsp3) is 0.455. The van der Waals surface area contributed by atoms with E-state index in [2.05, 4.69) is 0 Å². The molecule has 0 saturated carbocycles. The molecule has 1 aromatic rings. The third-order valence-electron chi connectivity index (χ3n) is 3.33. The first-order chi connectivity index (χ1) is 9.94. The summed E-state index contributed by atoms with van der Waals surface area (Å²) in [6.45, 7) is 0. The van der Waals surface area contributed by atoms with Crippen LogP contribution in [0.2, 0.25) is 0 Å². The molecule has 1 saturated heterocycles. The summed E-state index contributed by atoms with van der Waals surface area (Å²) in [6.07, 6.45) is 3.14. The summed E-state index contributed by atoms with van der Waals surface area (Å²) >= 11 is 0. The van der Waals surface area contributed by atoms with Crippen LogP contribution in [0.5, 0.6) is 0 Å². The van der Waals surface area contributed by atoms with Crippen molar-refractivity contribution in [2.75, 3.05) is 0 Å². The Kier molecular flexibility index (Phi) is 3.68. The van der Waals surface area contributed by atoms with Crippen molar-refractivity contribution in [2.24, 2.45) is 0 Å². The second-order valence-corrected chi connectivity index (χ2v) is 4.94. The molecule has 2 rings (SSSR count). The lowest BCUT2D eigenvalue weighted by molar-refractivity contribution is -0.222. The molecule has 0 aliphatic carbocycles. The van der Waals surface area contributed by atoms with Gasteiger partial charge in [-0.15, -0.1) is 6.42 Å². The van der Waals surface area contributed by atoms with Crippen LogP contribution in [0.25, 0.3) is 0 Å². The number of H-pyrrole nitrogens is 1. The van der Waals surface area contributed by atoms with Crippen LogP contribution in [0.4, 0.5) is 4.39 Å². The van der Waals surface area contributed by atoms with Gasteiger partial charge in [0, 0.05) is 18.0 Å². The zero-order valence-electron chi connectivity index (χ0n) is 11.1. The van der Waals surface area contributed by atoms with Crippen LogP contribution in [0, 0.1) is 12.3 Å². The third-order valence-corrected chi connectivity index (χ3v) is 3.33. The lowest BCUT2D eigenvalue weighted by Crippen LogP contribution is -2.55. The van der Waals surface area contributed by atoms with Gasteiger partial charge < -0.3 is 14.9 Å². The van der Waals surface area contributed by atoms with Gasteiger partial charge in [0.05, 0.1) is 6.10 Å². The van der Waals surface area contributed by atoms with Gasteiger partial charge in [0.15, 0.2) is 0 Å². The highest BCUT2D eigenvalue weighted by atomic mass is 19.2. The van der Waals surface area contributed by atoms with E-state index in [0.717, 1.165) is 6.20 Å². The SMILES string of the molecule is [B]C([B])(O)[C@]1(F)C[C@@H](O)[C@]([B])(n2cc(C#C)c(=O)[nH]c2=O)O1. The molecular weight excluding hydrogens is 292 g/mol. The van der Waals surface area contributed by atoms with Crippen LogP contribution in [-0.2, 0) is 10.4 Å². The molecule has 7 nitrogen and oxygen atoms in total. The maximum Gasteiger partial charge on any atom is 0.330 e. The summed E-state index contributed by atoms with van der Waals surface area (Å²) in [5.74, 6) is -1.17. The molecular formula is C11H8B3FN2O5. The normalized spacial score (nSPS) is 31.8. The van der Waals surface area contributed by atoms with Crippen molar-refractivity contribution in [3.05, 3.63) is 32.6 Å². The molecule has 0 unspecified atom stereocenters. The average Bonchev–Trinajstić information content (AvgIpc) is 2.61. The molecule has 22 heavy (non-hydrogen) atoms. The number of hydrogen-bond acceptors (Lipinski definition) is 5. The summed E-state index contributed by atoms with van der Waals surface area (Å²) in [7, 11) is 15.8. The van der Waals surface area contributed by atoms with Crippen LogP contribution in [-0.4, -0.2) is 60.7 Å². The molecule has 6 radical (unpaired) electrons. The lowest BCUT2D eigenvalue weighted by atomic mass is 9.60. The lowest BCUT2D eigenvalue weighted by Gasteiger charge is -2.36. The second-order valence-electron chi connectivity index (χ2n) is 4.94. The van der Waals surface area contributed by atoms with Crippen molar-refractivity contribution >= 4 is 23.5 Å². The van der Waals surface area contributed by atoms with Crippen molar-refractivity contribution in [2.45, 2.75) is 29.4 Å². The molecule has 0 bridgehead atoms. The molecule has 1 aliphatic rings. The van der Waals surface area contributed by atoms with Crippen molar-refractivity contribution in [1.82, 2.24) is 9.55 Å². The molecule has 0 aromatic carbocycles. The predicted octanol–water partition coefficient (Wildman–Crippen LogP) is -3.27. The van der Waals surface area contributed by atoms with Crippen LogP contribution in [0.3, 0.4) is 0 Å². The molecule has 11 heteroatoms. The van der Waals surface area contributed by atoms with Crippen LogP contribution >= 0.6 is 0 Å². The van der Waals surface area contributed by atoms with Crippen molar-refractivity contribution in [1.29, 1.82) is 0 Å². The number of ether oxygens (including phenoxy) is 1. The highest BCUT2D eigenvalue weighted by molar-refractivity contribution is 6.39. The Morgan fingerprint density at radius 3 is 2.64 bits per heavy atom. The maximum absolute atomic E-state index is 14.5. The van der Waals surface area contributed by atoms with Gasteiger partial charge in [-0.3, -0.25) is 14.3 Å². The molecule has 0 spiro atoms. The van der Waals surface area contributed by atoms with Gasteiger partial charge in [0.25, 0.3) is 5.56 Å². The second kappa shape index (κ2) is 4.88. The molecule has 1 aromatic heterocycles. The number of aliphatic hydroxyl groups excluding tert-OH is 1. The highest BCUT2D eigenvalue weighted by Crippen LogP contribution is 2.44. The van der Waals surface area contributed by atoms with Crippen LogP contribution in [0.15, 0.2) is 15.8 Å². The molecule has 1 aliphatic heterocycles. The zero-order chi connectivity index (χ0) is 16.9. The summed E-state index contributed by atoms with van der Waals surface area (Å²) < 4.78 is 19.7. The van der Waals surface area contributed by atoms with Gasteiger partial charge in [0.1, 0.15) is 34.7 Å². The Balaban J connectivity index is 2.61. The quantitative estimate of drug-likeness (QED) is 0.392. The van der Waals surface area contributed by atoms with Crippen LogP contribution < -0.4 is 11.2 Å². The van der Waals surface area contributed by atoms with E-state index in [1.807, 2.05) is 10.9 Å². The topological polar surface area (TPSA) is 105 Å². The summed E-state index contributed by atoms with van der Waals surface area (Å²) in [5, 5.41) is 16.4. The number of aliphatic hydroxyl groups is 2. The van der Waals surface area contributed by atoms with Gasteiger partial charge in [-0.25, -0.2) is 9.18 Å². The van der Waals surface area contributed by atoms with Crippen LogP contribution in [0.1, 0.15) is 12.0 Å². The maximum atomic E-state index is 14.5. The number of rotatable bonds is 2. The molecule has 3 N–H and O–H groups in total. The Hall–Kier alpha value is -1.76. The molecule has 3 atom stereocenters. The predicted molar refractivity (Wildman–Crippen MR) is 75.0 cm³/mol. The van der Waals surface area contributed by atoms with Gasteiger partial charge in [0.2, 0.25) is 5.85 Å². The van der Waals surface area contributed by atoms with Gasteiger partial charge in [-0.1, -0.05) is 5.92 Å². The third kappa shape index (κ3) is 2.33. The number of nitrogens with zero attached hydrogens (tertiary/aromatic N) is 1. The standard InChI is InChI=1S/C11H8B3FN2O5/c1-2-5-4-17(8(20)16-7(5)19)10(12)6(18)3-9(15,22-10)11(13,14)21/h1,4,6,18,21H,3H2,(H,16,19,20)/t6-,9+,10+/m1/s1. The van der Waals surface area contributed by atoms with Gasteiger partial charge in [-0.05, 0) is 0 Å². The monoisotopic (exact) mass is 300 g/mol. The Morgan fingerprint density at radius 2 is 2.18 bits per heavy atom. The Bertz CT molecular complexity index is 767. The smallest absolute Gasteiger partial charge is 0.330 e. The van der Waals surface area contributed by atoms with E-state index >= 15 is 0 Å². The molecule has 108 valence electrons. The van der Waals surface area contributed by atoms with Crippen molar-refractivity contribution in [3.8, 4) is 12.3 Å². The fourth-order valence-electron chi connectivity index (χ4n) is 2.05.